The van der Waals surface area contributed by atoms with Gasteiger partial charge in [0.25, 0.3) is 0 Å². The second-order valence-electron chi connectivity index (χ2n) is 7.49. The van der Waals surface area contributed by atoms with Gasteiger partial charge in [0.2, 0.25) is 5.91 Å². The summed E-state index contributed by atoms with van der Waals surface area (Å²) in [5.74, 6) is 1.67. The van der Waals surface area contributed by atoms with Crippen LogP contribution in [0, 0.1) is 0 Å². The first kappa shape index (κ1) is 20.5. The highest BCUT2D eigenvalue weighted by atomic mass is 16.5. The van der Waals surface area contributed by atoms with Crippen molar-refractivity contribution in [2.45, 2.75) is 25.9 Å². The number of nitrogens with zero attached hydrogens (tertiary/aromatic N) is 1. The van der Waals surface area contributed by atoms with Crippen molar-refractivity contribution in [3.8, 4) is 11.5 Å². The van der Waals surface area contributed by atoms with E-state index < -0.39 is 0 Å². The lowest BCUT2D eigenvalue weighted by molar-refractivity contribution is -0.128. The molecule has 0 aliphatic carbocycles. The molecule has 31 heavy (non-hydrogen) atoms. The summed E-state index contributed by atoms with van der Waals surface area (Å²) >= 11 is 0. The second kappa shape index (κ2) is 9.80. The molecular weight excluding hydrogens is 390 g/mol. The molecule has 6 nitrogen and oxygen atoms in total. The van der Waals surface area contributed by atoms with Gasteiger partial charge in [-0.15, -0.1) is 0 Å². The van der Waals surface area contributed by atoms with Gasteiger partial charge in [0.05, 0.1) is 0 Å². The van der Waals surface area contributed by atoms with Crippen molar-refractivity contribution in [2.24, 2.45) is 0 Å². The number of benzene rings is 3. The van der Waals surface area contributed by atoms with Gasteiger partial charge in [-0.2, -0.15) is 0 Å². The predicted molar refractivity (Wildman–Crippen MR) is 120 cm³/mol. The smallest absolute Gasteiger partial charge is 0.319 e. The van der Waals surface area contributed by atoms with Gasteiger partial charge in [-0.1, -0.05) is 42.5 Å². The summed E-state index contributed by atoms with van der Waals surface area (Å²) in [6.07, 6.45) is 1.57. The summed E-state index contributed by atoms with van der Waals surface area (Å²) in [6.45, 7) is 1.85. The Morgan fingerprint density at radius 3 is 2.39 bits per heavy atom. The third-order valence-corrected chi connectivity index (χ3v) is 5.08. The normalized spacial score (nSPS) is 13.2. The van der Waals surface area contributed by atoms with Crippen LogP contribution in [-0.4, -0.2) is 23.4 Å². The Morgan fingerprint density at radius 1 is 0.903 bits per heavy atom. The number of likely N-dealkylation sites (tertiary alicyclic amines) is 1. The molecule has 3 aromatic carbocycles. The standard InChI is InChI=1S/C25H25N3O3/c29-24-10-5-15-28(24)18-20-7-4-6-19(16-20)17-26-25(30)27-21-11-13-23(14-12-21)31-22-8-2-1-3-9-22/h1-4,6-9,11-14,16H,5,10,15,17-18H2,(H2,26,27,30). The summed E-state index contributed by atoms with van der Waals surface area (Å²) in [5, 5.41) is 5.69. The minimum absolute atomic E-state index is 0.211. The molecular formula is C25H25N3O3. The van der Waals surface area contributed by atoms with Crippen LogP contribution in [0.1, 0.15) is 24.0 Å². The quantitative estimate of drug-likeness (QED) is 0.575. The van der Waals surface area contributed by atoms with E-state index in [0.717, 1.165) is 29.8 Å². The Kier molecular flexibility index (Phi) is 6.47. The molecule has 1 aliphatic rings. The molecule has 0 spiro atoms. The van der Waals surface area contributed by atoms with Gasteiger partial charge in [0.1, 0.15) is 11.5 Å². The van der Waals surface area contributed by atoms with E-state index in [4.69, 9.17) is 4.74 Å². The Labute approximate surface area is 181 Å². The van der Waals surface area contributed by atoms with Gasteiger partial charge in [0.15, 0.2) is 0 Å². The number of carbonyl (C=O) groups excluding carboxylic acids is 2. The number of hydrogen-bond acceptors (Lipinski definition) is 3. The zero-order chi connectivity index (χ0) is 21.5. The van der Waals surface area contributed by atoms with Crippen LogP contribution < -0.4 is 15.4 Å². The molecule has 0 radical (unpaired) electrons. The maximum absolute atomic E-state index is 12.3. The zero-order valence-corrected chi connectivity index (χ0v) is 17.2. The highest BCUT2D eigenvalue weighted by Crippen LogP contribution is 2.22. The Morgan fingerprint density at radius 2 is 1.65 bits per heavy atom. The number of nitrogens with one attached hydrogen (secondary N) is 2. The molecule has 0 bridgehead atoms. The van der Waals surface area contributed by atoms with Crippen molar-refractivity contribution >= 4 is 17.6 Å². The van der Waals surface area contributed by atoms with Crippen LogP contribution in [0.3, 0.4) is 0 Å². The number of carbonyl (C=O) groups is 2. The van der Waals surface area contributed by atoms with Crippen LogP contribution in [0.5, 0.6) is 11.5 Å². The van der Waals surface area contributed by atoms with Crippen molar-refractivity contribution in [3.05, 3.63) is 90.0 Å². The first-order valence-corrected chi connectivity index (χ1v) is 10.4. The first-order valence-electron chi connectivity index (χ1n) is 10.4. The minimum Gasteiger partial charge on any atom is -0.457 e. The van der Waals surface area contributed by atoms with Gasteiger partial charge in [0, 0.05) is 31.7 Å². The lowest BCUT2D eigenvalue weighted by atomic mass is 10.1. The fourth-order valence-corrected chi connectivity index (χ4v) is 3.52. The first-order chi connectivity index (χ1) is 15.2. The van der Waals surface area contributed by atoms with E-state index >= 15 is 0 Å². The van der Waals surface area contributed by atoms with Gasteiger partial charge in [-0.25, -0.2) is 4.79 Å². The molecule has 0 saturated carbocycles. The van der Waals surface area contributed by atoms with Crippen molar-refractivity contribution in [2.75, 3.05) is 11.9 Å². The molecule has 0 aromatic heterocycles. The number of anilines is 1. The van der Waals surface area contributed by atoms with Gasteiger partial charge in [-0.05, 0) is 53.9 Å². The van der Waals surface area contributed by atoms with Crippen molar-refractivity contribution in [3.63, 3.8) is 0 Å². The number of para-hydroxylation sites is 1. The number of rotatable bonds is 7. The largest absolute Gasteiger partial charge is 0.457 e. The molecule has 6 heteroatoms. The van der Waals surface area contributed by atoms with E-state index in [0.29, 0.717) is 30.9 Å². The minimum atomic E-state index is -0.281. The summed E-state index contributed by atoms with van der Waals surface area (Å²) in [6, 6.07) is 24.4. The van der Waals surface area contributed by atoms with Crippen LogP contribution in [-0.2, 0) is 17.9 Å². The maximum atomic E-state index is 12.3. The molecule has 1 fully saturated rings. The van der Waals surface area contributed by atoms with Crippen LogP contribution in [0.15, 0.2) is 78.9 Å². The van der Waals surface area contributed by atoms with Gasteiger partial charge in [-0.3, -0.25) is 4.79 Å². The van der Waals surface area contributed by atoms with Crippen molar-refractivity contribution in [1.82, 2.24) is 10.2 Å². The number of ether oxygens (including phenoxy) is 1. The molecule has 158 valence electrons. The Bertz CT molecular complexity index is 1040. The molecule has 1 heterocycles. The molecule has 4 rings (SSSR count). The van der Waals surface area contributed by atoms with Crippen LogP contribution in [0.2, 0.25) is 0 Å². The van der Waals surface area contributed by atoms with Gasteiger partial charge >= 0.3 is 6.03 Å². The van der Waals surface area contributed by atoms with E-state index in [-0.39, 0.29) is 11.9 Å². The number of hydrogen-bond donors (Lipinski definition) is 2. The number of amides is 3. The van der Waals surface area contributed by atoms with Crippen LogP contribution >= 0.6 is 0 Å². The second-order valence-corrected chi connectivity index (χ2v) is 7.49. The molecule has 1 saturated heterocycles. The molecule has 3 amide bonds. The average Bonchev–Trinajstić information content (AvgIpc) is 3.19. The van der Waals surface area contributed by atoms with Gasteiger partial charge < -0.3 is 20.3 Å². The number of urea groups is 1. The predicted octanol–water partition coefficient (Wildman–Crippen LogP) is 4.92. The Hall–Kier alpha value is -3.80. The lowest BCUT2D eigenvalue weighted by Gasteiger charge is -2.16. The fraction of sp³-hybridized carbons (Fsp3) is 0.200. The zero-order valence-electron chi connectivity index (χ0n) is 17.2. The van der Waals surface area contributed by atoms with Crippen LogP contribution in [0.25, 0.3) is 0 Å². The van der Waals surface area contributed by atoms with E-state index in [9.17, 15) is 9.59 Å². The Balaban J connectivity index is 1.26. The third-order valence-electron chi connectivity index (χ3n) is 5.08. The lowest BCUT2D eigenvalue weighted by Crippen LogP contribution is -2.28. The highest BCUT2D eigenvalue weighted by Gasteiger charge is 2.19. The highest BCUT2D eigenvalue weighted by molar-refractivity contribution is 5.89. The topological polar surface area (TPSA) is 70.7 Å². The van der Waals surface area contributed by atoms with E-state index in [2.05, 4.69) is 10.6 Å². The summed E-state index contributed by atoms with van der Waals surface area (Å²) < 4.78 is 5.76. The third kappa shape index (κ3) is 5.85. The summed E-state index contributed by atoms with van der Waals surface area (Å²) in [7, 11) is 0. The SMILES string of the molecule is O=C(NCc1cccc(CN2CCCC2=O)c1)Nc1ccc(Oc2ccccc2)cc1. The average molecular weight is 415 g/mol. The van der Waals surface area contributed by atoms with Crippen molar-refractivity contribution < 1.29 is 14.3 Å². The van der Waals surface area contributed by atoms with E-state index in [1.165, 1.54) is 0 Å². The molecule has 1 aliphatic heterocycles. The monoisotopic (exact) mass is 415 g/mol. The molecule has 0 unspecified atom stereocenters. The molecule has 3 aromatic rings. The summed E-state index contributed by atoms with van der Waals surface area (Å²) in [5.41, 5.74) is 2.74. The molecule has 2 N–H and O–H groups in total. The fourth-order valence-electron chi connectivity index (χ4n) is 3.52. The molecule has 0 atom stereocenters. The van der Waals surface area contributed by atoms with Crippen LogP contribution in [0.4, 0.5) is 10.5 Å². The van der Waals surface area contributed by atoms with E-state index in [1.54, 1.807) is 12.1 Å². The van der Waals surface area contributed by atoms with Crippen molar-refractivity contribution in [1.29, 1.82) is 0 Å². The summed E-state index contributed by atoms with van der Waals surface area (Å²) in [4.78, 5) is 26.0. The van der Waals surface area contributed by atoms with E-state index in [1.807, 2.05) is 71.6 Å². The maximum Gasteiger partial charge on any atom is 0.319 e.